The van der Waals surface area contributed by atoms with Crippen molar-refractivity contribution in [2.45, 2.75) is 32.9 Å². The van der Waals surface area contributed by atoms with Gasteiger partial charge in [-0.25, -0.2) is 13.2 Å². The standard InChI is InChI=1S/C17H18F3N/c1-10-4-5-13(8-17(10)20)11(2)21-12(3)14-6-15(18)9-16(19)7-14/h4-9,11-12,21H,1-3H3. The predicted molar refractivity (Wildman–Crippen MR) is 77.5 cm³/mol. The van der Waals surface area contributed by atoms with E-state index in [4.69, 9.17) is 0 Å². The van der Waals surface area contributed by atoms with Crippen LogP contribution < -0.4 is 5.32 Å². The molecule has 112 valence electrons. The SMILES string of the molecule is Cc1ccc(C(C)NC(C)c2cc(F)cc(F)c2)cc1F. The summed E-state index contributed by atoms with van der Waals surface area (Å²) in [6, 6.07) is 8.08. The largest absolute Gasteiger partial charge is 0.304 e. The Kier molecular flexibility index (Phi) is 4.68. The van der Waals surface area contributed by atoms with E-state index in [1.807, 2.05) is 19.9 Å². The first-order valence-electron chi connectivity index (χ1n) is 6.85. The Balaban J connectivity index is 2.14. The number of hydrogen-bond donors (Lipinski definition) is 1. The van der Waals surface area contributed by atoms with Crippen LogP contribution in [-0.2, 0) is 0 Å². The zero-order valence-corrected chi connectivity index (χ0v) is 12.3. The lowest BCUT2D eigenvalue weighted by Crippen LogP contribution is -2.22. The molecule has 0 aromatic heterocycles. The van der Waals surface area contributed by atoms with Crippen molar-refractivity contribution in [1.82, 2.24) is 5.32 Å². The molecule has 0 saturated carbocycles. The van der Waals surface area contributed by atoms with Gasteiger partial charge in [0, 0.05) is 18.2 Å². The Morgan fingerprint density at radius 2 is 1.38 bits per heavy atom. The molecule has 0 spiro atoms. The third-order valence-corrected chi connectivity index (χ3v) is 3.58. The summed E-state index contributed by atoms with van der Waals surface area (Å²) in [6.07, 6.45) is 0. The topological polar surface area (TPSA) is 12.0 Å². The van der Waals surface area contributed by atoms with E-state index in [1.165, 1.54) is 18.2 Å². The summed E-state index contributed by atoms with van der Waals surface area (Å²) in [5, 5.41) is 3.21. The minimum absolute atomic E-state index is 0.138. The lowest BCUT2D eigenvalue weighted by Gasteiger charge is -2.21. The summed E-state index contributed by atoms with van der Waals surface area (Å²) < 4.78 is 40.0. The van der Waals surface area contributed by atoms with Gasteiger partial charge in [0.15, 0.2) is 0 Å². The van der Waals surface area contributed by atoms with Crippen LogP contribution in [0.1, 0.15) is 42.6 Å². The van der Waals surface area contributed by atoms with Crippen LogP contribution in [0.2, 0.25) is 0 Å². The van der Waals surface area contributed by atoms with Crippen molar-refractivity contribution in [2.24, 2.45) is 0 Å². The van der Waals surface area contributed by atoms with Gasteiger partial charge < -0.3 is 5.32 Å². The highest BCUT2D eigenvalue weighted by Crippen LogP contribution is 2.22. The number of hydrogen-bond acceptors (Lipinski definition) is 1. The molecule has 0 aliphatic carbocycles. The molecule has 2 rings (SSSR count). The molecule has 4 heteroatoms. The molecular formula is C17H18F3N. The fourth-order valence-corrected chi connectivity index (χ4v) is 2.27. The maximum absolute atomic E-state index is 13.6. The number of benzene rings is 2. The molecule has 2 atom stereocenters. The van der Waals surface area contributed by atoms with E-state index in [0.29, 0.717) is 11.1 Å². The van der Waals surface area contributed by atoms with Crippen LogP contribution in [0.15, 0.2) is 36.4 Å². The maximum Gasteiger partial charge on any atom is 0.126 e. The Bertz CT molecular complexity index is 620. The van der Waals surface area contributed by atoms with Crippen molar-refractivity contribution in [3.63, 3.8) is 0 Å². The second-order valence-corrected chi connectivity index (χ2v) is 5.32. The Morgan fingerprint density at radius 3 is 1.95 bits per heavy atom. The fraction of sp³-hybridized carbons (Fsp3) is 0.294. The minimum atomic E-state index is -0.604. The number of rotatable bonds is 4. The van der Waals surface area contributed by atoms with E-state index in [0.717, 1.165) is 11.6 Å². The van der Waals surface area contributed by atoms with Crippen molar-refractivity contribution in [3.8, 4) is 0 Å². The van der Waals surface area contributed by atoms with E-state index in [9.17, 15) is 13.2 Å². The summed E-state index contributed by atoms with van der Waals surface area (Å²) in [5.41, 5.74) is 1.90. The van der Waals surface area contributed by atoms with Crippen molar-refractivity contribution < 1.29 is 13.2 Å². The number of nitrogens with one attached hydrogen (secondary N) is 1. The summed E-state index contributed by atoms with van der Waals surface area (Å²) in [6.45, 7) is 5.40. The van der Waals surface area contributed by atoms with Crippen molar-refractivity contribution in [1.29, 1.82) is 0 Å². The molecule has 0 fully saturated rings. The van der Waals surface area contributed by atoms with Gasteiger partial charge in [-0.1, -0.05) is 12.1 Å². The van der Waals surface area contributed by atoms with E-state index in [2.05, 4.69) is 5.32 Å². The van der Waals surface area contributed by atoms with E-state index < -0.39 is 11.6 Å². The first-order valence-corrected chi connectivity index (χ1v) is 6.85. The highest BCUT2D eigenvalue weighted by molar-refractivity contribution is 5.26. The average molecular weight is 293 g/mol. The molecule has 0 aliphatic rings. The number of aryl methyl sites for hydroxylation is 1. The second-order valence-electron chi connectivity index (χ2n) is 5.32. The van der Waals surface area contributed by atoms with Gasteiger partial charge in [0.05, 0.1) is 0 Å². The number of halogens is 3. The van der Waals surface area contributed by atoms with Gasteiger partial charge in [-0.3, -0.25) is 0 Å². The highest BCUT2D eigenvalue weighted by atomic mass is 19.1. The zero-order chi connectivity index (χ0) is 15.6. The normalized spacial score (nSPS) is 14.0. The van der Waals surface area contributed by atoms with Crippen molar-refractivity contribution in [3.05, 3.63) is 70.5 Å². The average Bonchev–Trinajstić information content (AvgIpc) is 2.40. The Labute approximate surface area is 122 Å². The first-order chi connectivity index (χ1) is 9.86. The molecule has 0 bridgehead atoms. The van der Waals surface area contributed by atoms with Crippen LogP contribution >= 0.6 is 0 Å². The van der Waals surface area contributed by atoms with E-state index in [-0.39, 0.29) is 17.9 Å². The Morgan fingerprint density at radius 1 is 0.810 bits per heavy atom. The van der Waals surface area contributed by atoms with Gasteiger partial charge in [0.2, 0.25) is 0 Å². The third-order valence-electron chi connectivity index (χ3n) is 3.58. The molecule has 2 aromatic rings. The summed E-state index contributed by atoms with van der Waals surface area (Å²) >= 11 is 0. The lowest BCUT2D eigenvalue weighted by atomic mass is 10.0. The molecule has 0 saturated heterocycles. The minimum Gasteiger partial charge on any atom is -0.304 e. The van der Waals surface area contributed by atoms with Crippen LogP contribution in [0.5, 0.6) is 0 Å². The van der Waals surface area contributed by atoms with Gasteiger partial charge >= 0.3 is 0 Å². The molecule has 2 unspecified atom stereocenters. The smallest absolute Gasteiger partial charge is 0.126 e. The molecule has 1 nitrogen and oxygen atoms in total. The van der Waals surface area contributed by atoms with Crippen molar-refractivity contribution >= 4 is 0 Å². The molecule has 0 amide bonds. The van der Waals surface area contributed by atoms with Gasteiger partial charge in [-0.2, -0.15) is 0 Å². The summed E-state index contributed by atoms with van der Waals surface area (Å²) in [5.74, 6) is -1.47. The first kappa shape index (κ1) is 15.6. The van der Waals surface area contributed by atoms with Crippen LogP contribution in [0.25, 0.3) is 0 Å². The second kappa shape index (κ2) is 6.31. The molecule has 0 radical (unpaired) electrons. The van der Waals surface area contributed by atoms with Gasteiger partial charge in [-0.05, 0) is 55.7 Å². The lowest BCUT2D eigenvalue weighted by molar-refractivity contribution is 0.484. The molecule has 2 aromatic carbocycles. The van der Waals surface area contributed by atoms with Crippen LogP contribution in [0.4, 0.5) is 13.2 Å². The molecular weight excluding hydrogens is 275 g/mol. The molecule has 21 heavy (non-hydrogen) atoms. The predicted octanol–water partition coefficient (Wildman–Crippen LogP) is 4.82. The van der Waals surface area contributed by atoms with Crippen LogP contribution in [0, 0.1) is 24.4 Å². The summed E-state index contributed by atoms with van der Waals surface area (Å²) in [4.78, 5) is 0. The maximum atomic E-state index is 13.6. The molecule has 1 N–H and O–H groups in total. The van der Waals surface area contributed by atoms with Gasteiger partial charge in [0.25, 0.3) is 0 Å². The summed E-state index contributed by atoms with van der Waals surface area (Å²) in [7, 11) is 0. The van der Waals surface area contributed by atoms with Gasteiger partial charge in [0.1, 0.15) is 17.5 Å². The third kappa shape index (κ3) is 3.85. The zero-order valence-electron chi connectivity index (χ0n) is 12.3. The van der Waals surface area contributed by atoms with Crippen LogP contribution in [-0.4, -0.2) is 0 Å². The van der Waals surface area contributed by atoms with Crippen molar-refractivity contribution in [2.75, 3.05) is 0 Å². The van der Waals surface area contributed by atoms with E-state index in [1.54, 1.807) is 13.0 Å². The highest BCUT2D eigenvalue weighted by Gasteiger charge is 2.14. The monoisotopic (exact) mass is 293 g/mol. The Hall–Kier alpha value is -1.81. The van der Waals surface area contributed by atoms with Crippen LogP contribution in [0.3, 0.4) is 0 Å². The fourth-order valence-electron chi connectivity index (χ4n) is 2.27. The van der Waals surface area contributed by atoms with E-state index >= 15 is 0 Å². The van der Waals surface area contributed by atoms with Gasteiger partial charge in [-0.15, -0.1) is 0 Å². The quantitative estimate of drug-likeness (QED) is 0.852. The molecule has 0 heterocycles. The molecule has 0 aliphatic heterocycles.